The summed E-state index contributed by atoms with van der Waals surface area (Å²) >= 11 is 0. The van der Waals surface area contributed by atoms with E-state index in [4.69, 9.17) is 0 Å². The Balaban J connectivity index is 1.71. The molecule has 0 N–H and O–H groups in total. The lowest BCUT2D eigenvalue weighted by Gasteiger charge is -2.26. The van der Waals surface area contributed by atoms with Crippen molar-refractivity contribution in [2.24, 2.45) is 4.99 Å². The molecule has 0 saturated carbocycles. The predicted octanol–water partition coefficient (Wildman–Crippen LogP) is 8.85. The smallest absolute Gasteiger partial charge is 0.0473 e. The van der Waals surface area contributed by atoms with Crippen LogP contribution in [0, 0.1) is 6.92 Å². The highest BCUT2D eigenvalue weighted by molar-refractivity contribution is 5.86. The molecule has 0 amide bonds. The molecule has 35 heavy (non-hydrogen) atoms. The lowest BCUT2D eigenvalue weighted by atomic mass is 9.96. The van der Waals surface area contributed by atoms with Crippen LogP contribution >= 0.6 is 0 Å². The first kappa shape index (κ1) is 22.4. The molecular formula is C33H28N2. The molecule has 2 heteroatoms. The summed E-state index contributed by atoms with van der Waals surface area (Å²) in [6.45, 7) is 2.12. The summed E-state index contributed by atoms with van der Waals surface area (Å²) in [6, 6.07) is 45.3. The molecule has 0 spiro atoms. The number of hydrogen-bond acceptors (Lipinski definition) is 2. The zero-order valence-corrected chi connectivity index (χ0v) is 20.1. The van der Waals surface area contributed by atoms with Gasteiger partial charge in [0.2, 0.25) is 0 Å². The second kappa shape index (κ2) is 10.2. The summed E-state index contributed by atoms with van der Waals surface area (Å²) in [5.41, 5.74) is 10.5. The minimum Gasteiger partial charge on any atom is -0.310 e. The van der Waals surface area contributed by atoms with Crippen LogP contribution in [0.2, 0.25) is 0 Å². The second-order valence-electron chi connectivity index (χ2n) is 8.65. The minimum atomic E-state index is 1.10. The first-order valence-corrected chi connectivity index (χ1v) is 11.9. The van der Waals surface area contributed by atoms with Gasteiger partial charge in [0.05, 0.1) is 0 Å². The van der Waals surface area contributed by atoms with E-state index in [1.165, 1.54) is 27.8 Å². The number of aliphatic imine (C=N–C) groups is 1. The van der Waals surface area contributed by atoms with Gasteiger partial charge in [-0.05, 0) is 77.2 Å². The molecule has 0 fully saturated rings. The summed E-state index contributed by atoms with van der Waals surface area (Å²) in [7, 11) is 1.80. The summed E-state index contributed by atoms with van der Waals surface area (Å²) in [4.78, 5) is 6.46. The monoisotopic (exact) mass is 452 g/mol. The normalized spacial score (nSPS) is 11.0. The summed E-state index contributed by atoms with van der Waals surface area (Å²) in [5.74, 6) is 0. The van der Waals surface area contributed by atoms with Gasteiger partial charge < -0.3 is 4.90 Å². The molecule has 0 aliphatic heterocycles. The molecule has 0 unspecified atom stereocenters. The Bertz CT molecular complexity index is 1380. The Kier molecular flexibility index (Phi) is 6.54. The third-order valence-electron chi connectivity index (χ3n) is 6.11. The number of para-hydroxylation sites is 2. The van der Waals surface area contributed by atoms with Crippen molar-refractivity contribution in [3.8, 4) is 22.3 Å². The van der Waals surface area contributed by atoms with Crippen molar-refractivity contribution in [3.63, 3.8) is 0 Å². The van der Waals surface area contributed by atoms with Crippen LogP contribution in [0.1, 0.15) is 11.1 Å². The Hall–Kier alpha value is -4.43. The third-order valence-corrected chi connectivity index (χ3v) is 6.11. The molecule has 0 aliphatic rings. The number of aryl methyl sites for hydroxylation is 1. The molecule has 5 aromatic rings. The van der Waals surface area contributed by atoms with Gasteiger partial charge in [-0.3, -0.25) is 4.99 Å². The van der Waals surface area contributed by atoms with Gasteiger partial charge in [0.15, 0.2) is 0 Å². The van der Waals surface area contributed by atoms with E-state index < -0.39 is 0 Å². The van der Waals surface area contributed by atoms with Crippen LogP contribution in [0.3, 0.4) is 0 Å². The van der Waals surface area contributed by atoms with E-state index in [0.717, 1.165) is 22.6 Å². The van der Waals surface area contributed by atoms with E-state index in [0.29, 0.717) is 0 Å². The zero-order valence-electron chi connectivity index (χ0n) is 20.1. The molecule has 0 saturated heterocycles. The zero-order chi connectivity index (χ0) is 24.0. The van der Waals surface area contributed by atoms with Gasteiger partial charge in [-0.25, -0.2) is 0 Å². The molecule has 5 rings (SSSR count). The lowest BCUT2D eigenvalue weighted by molar-refractivity contribution is 1.28. The van der Waals surface area contributed by atoms with Crippen LogP contribution in [-0.2, 0) is 0 Å². The molecular weight excluding hydrogens is 424 g/mol. The maximum Gasteiger partial charge on any atom is 0.0473 e. The van der Waals surface area contributed by atoms with Crippen molar-refractivity contribution in [1.82, 2.24) is 0 Å². The Morgan fingerprint density at radius 3 is 1.49 bits per heavy atom. The number of nitrogens with zero attached hydrogens (tertiary/aromatic N) is 2. The van der Waals surface area contributed by atoms with Gasteiger partial charge in [0, 0.05) is 30.3 Å². The highest BCUT2D eigenvalue weighted by Crippen LogP contribution is 2.39. The van der Waals surface area contributed by atoms with Crippen molar-refractivity contribution in [3.05, 3.63) is 139 Å². The fourth-order valence-corrected chi connectivity index (χ4v) is 4.33. The van der Waals surface area contributed by atoms with E-state index >= 15 is 0 Å². The van der Waals surface area contributed by atoms with Gasteiger partial charge >= 0.3 is 0 Å². The summed E-state index contributed by atoms with van der Waals surface area (Å²) < 4.78 is 0. The van der Waals surface area contributed by atoms with E-state index in [1.54, 1.807) is 7.05 Å². The molecule has 0 atom stereocenters. The molecule has 0 aliphatic carbocycles. The van der Waals surface area contributed by atoms with E-state index in [1.807, 2.05) is 6.21 Å². The van der Waals surface area contributed by atoms with Crippen LogP contribution in [0.5, 0.6) is 0 Å². The van der Waals surface area contributed by atoms with E-state index in [-0.39, 0.29) is 0 Å². The van der Waals surface area contributed by atoms with Crippen molar-refractivity contribution in [2.75, 3.05) is 11.9 Å². The first-order chi connectivity index (χ1) is 17.2. The predicted molar refractivity (Wildman–Crippen MR) is 150 cm³/mol. The Morgan fingerprint density at radius 2 is 1.00 bits per heavy atom. The van der Waals surface area contributed by atoms with Crippen molar-refractivity contribution in [2.45, 2.75) is 6.92 Å². The van der Waals surface area contributed by atoms with Gasteiger partial charge in [0.1, 0.15) is 0 Å². The molecule has 2 nitrogen and oxygen atoms in total. The first-order valence-electron chi connectivity index (χ1n) is 11.9. The molecule has 5 aromatic carbocycles. The quantitative estimate of drug-likeness (QED) is 0.235. The van der Waals surface area contributed by atoms with Crippen molar-refractivity contribution in [1.29, 1.82) is 0 Å². The molecule has 0 aromatic heterocycles. The van der Waals surface area contributed by atoms with Gasteiger partial charge in [0.25, 0.3) is 0 Å². The minimum absolute atomic E-state index is 1.10. The summed E-state index contributed by atoms with van der Waals surface area (Å²) in [5, 5.41) is 0. The van der Waals surface area contributed by atoms with Crippen LogP contribution < -0.4 is 4.90 Å². The highest BCUT2D eigenvalue weighted by atomic mass is 15.1. The molecule has 0 heterocycles. The maximum atomic E-state index is 4.14. The van der Waals surface area contributed by atoms with E-state index in [9.17, 15) is 0 Å². The second-order valence-corrected chi connectivity index (χ2v) is 8.65. The maximum absolute atomic E-state index is 4.14. The van der Waals surface area contributed by atoms with Gasteiger partial charge in [-0.2, -0.15) is 0 Å². The largest absolute Gasteiger partial charge is 0.310 e. The number of rotatable bonds is 6. The third kappa shape index (κ3) is 5.07. The topological polar surface area (TPSA) is 15.6 Å². The number of hydrogen-bond donors (Lipinski definition) is 0. The Labute approximate surface area is 207 Å². The number of benzene rings is 5. The fourth-order valence-electron chi connectivity index (χ4n) is 4.33. The Morgan fingerprint density at radius 1 is 0.514 bits per heavy atom. The lowest BCUT2D eigenvalue weighted by Crippen LogP contribution is -2.10. The van der Waals surface area contributed by atoms with Crippen LogP contribution in [0.25, 0.3) is 22.3 Å². The standard InChI is InChI=1S/C33H28N2/c1-25-13-17-27(18-14-25)29-21-30(28-19-15-26(16-20-28)24-34-2)23-33(22-29)35(31-9-5-3-6-10-31)32-11-7-4-8-12-32/h3-24H,1-2H3/b34-24-. The highest BCUT2D eigenvalue weighted by Gasteiger charge is 2.15. The fraction of sp³-hybridized carbons (Fsp3) is 0.0606. The SMILES string of the molecule is C/N=C\c1ccc(-c2cc(-c3ccc(C)cc3)cc(N(c3ccccc3)c3ccccc3)c2)cc1. The number of anilines is 3. The van der Waals surface area contributed by atoms with Crippen molar-refractivity contribution < 1.29 is 0 Å². The van der Waals surface area contributed by atoms with E-state index in [2.05, 4.69) is 144 Å². The average Bonchev–Trinajstić information content (AvgIpc) is 2.91. The van der Waals surface area contributed by atoms with Crippen LogP contribution in [-0.4, -0.2) is 13.3 Å². The van der Waals surface area contributed by atoms with Crippen LogP contribution in [0.15, 0.2) is 132 Å². The van der Waals surface area contributed by atoms with Crippen molar-refractivity contribution >= 4 is 23.3 Å². The van der Waals surface area contributed by atoms with Gasteiger partial charge in [-0.15, -0.1) is 0 Å². The molecule has 170 valence electrons. The average molecular weight is 453 g/mol. The molecule has 0 radical (unpaired) electrons. The summed E-state index contributed by atoms with van der Waals surface area (Å²) in [6.07, 6.45) is 1.88. The van der Waals surface area contributed by atoms with Crippen LogP contribution in [0.4, 0.5) is 17.1 Å². The van der Waals surface area contributed by atoms with Gasteiger partial charge in [-0.1, -0.05) is 90.5 Å². The molecule has 0 bridgehead atoms.